The average molecular weight is 197 g/mol. The predicted octanol–water partition coefficient (Wildman–Crippen LogP) is 1.87. The van der Waals surface area contributed by atoms with Crippen molar-refractivity contribution in [1.82, 2.24) is 15.5 Å². The lowest BCUT2D eigenvalue weighted by Gasteiger charge is -2.15. The molecule has 1 rings (SSSR count). The van der Waals surface area contributed by atoms with Gasteiger partial charge in [-0.3, -0.25) is 0 Å². The fourth-order valence-corrected chi connectivity index (χ4v) is 0.989. The molecule has 1 heterocycles. The summed E-state index contributed by atoms with van der Waals surface area (Å²) in [6, 6.07) is 0. The lowest BCUT2D eigenvalue weighted by Crippen LogP contribution is -2.17. The minimum atomic E-state index is -0.0164. The van der Waals surface area contributed by atoms with E-state index in [2.05, 4.69) is 43.2 Å². The molecule has 80 valence electrons. The summed E-state index contributed by atoms with van der Waals surface area (Å²) in [6.45, 7) is 9.99. The van der Waals surface area contributed by atoms with Crippen molar-refractivity contribution < 1.29 is 4.52 Å². The summed E-state index contributed by atoms with van der Waals surface area (Å²) in [6.07, 6.45) is 0.996. The topological polar surface area (TPSA) is 51.0 Å². The van der Waals surface area contributed by atoms with Crippen LogP contribution in [0.1, 0.15) is 45.8 Å². The van der Waals surface area contributed by atoms with Gasteiger partial charge in [0.1, 0.15) is 0 Å². The Kier molecular flexibility index (Phi) is 3.63. The second kappa shape index (κ2) is 4.55. The highest BCUT2D eigenvalue weighted by Gasteiger charge is 2.25. The van der Waals surface area contributed by atoms with E-state index in [4.69, 9.17) is 4.52 Å². The number of nitrogens with zero attached hydrogens (tertiary/aromatic N) is 2. The molecule has 0 bridgehead atoms. The van der Waals surface area contributed by atoms with Crippen LogP contribution in [0, 0.1) is 0 Å². The van der Waals surface area contributed by atoms with Crippen LogP contribution in [-0.4, -0.2) is 16.7 Å². The molecule has 0 fully saturated rings. The van der Waals surface area contributed by atoms with Gasteiger partial charge in [-0.1, -0.05) is 32.9 Å². The third-order valence-electron chi connectivity index (χ3n) is 2.46. The lowest BCUT2D eigenvalue weighted by atomic mass is 9.90. The molecule has 0 saturated carbocycles. The first-order valence-corrected chi connectivity index (χ1v) is 5.14. The second-order valence-corrected chi connectivity index (χ2v) is 4.03. The smallest absolute Gasteiger partial charge is 0.232 e. The molecular weight excluding hydrogens is 178 g/mol. The molecule has 0 radical (unpaired) electrons. The molecule has 0 spiro atoms. The zero-order chi connectivity index (χ0) is 10.6. The Balaban J connectivity index is 2.67. The van der Waals surface area contributed by atoms with E-state index in [1.165, 1.54) is 0 Å². The Bertz CT molecular complexity index is 281. The normalized spacial score (nSPS) is 12.0. The third kappa shape index (κ3) is 2.54. The van der Waals surface area contributed by atoms with Crippen molar-refractivity contribution >= 4 is 0 Å². The van der Waals surface area contributed by atoms with Crippen molar-refractivity contribution in [3.05, 3.63) is 11.7 Å². The Labute approximate surface area is 85.1 Å². The number of aromatic nitrogens is 2. The van der Waals surface area contributed by atoms with E-state index in [1.807, 2.05) is 0 Å². The molecule has 0 amide bonds. The molecule has 0 unspecified atom stereocenters. The number of hydrogen-bond donors (Lipinski definition) is 1. The molecule has 4 nitrogen and oxygen atoms in total. The first-order valence-electron chi connectivity index (χ1n) is 5.14. The summed E-state index contributed by atoms with van der Waals surface area (Å²) in [5.74, 6) is 1.47. The van der Waals surface area contributed by atoms with Crippen molar-refractivity contribution in [3.8, 4) is 0 Å². The minimum absolute atomic E-state index is 0.0164. The van der Waals surface area contributed by atoms with Crippen LogP contribution in [0.25, 0.3) is 0 Å². The van der Waals surface area contributed by atoms with Gasteiger partial charge >= 0.3 is 0 Å². The van der Waals surface area contributed by atoms with Gasteiger partial charge in [-0.2, -0.15) is 4.98 Å². The quantitative estimate of drug-likeness (QED) is 0.783. The first kappa shape index (κ1) is 11.2. The standard InChI is InChI=1S/C10H19N3O/c1-5-10(3,4)9-12-8(13-14-9)7-11-6-2/h11H,5-7H2,1-4H3. The molecule has 14 heavy (non-hydrogen) atoms. The summed E-state index contributed by atoms with van der Waals surface area (Å²) in [4.78, 5) is 4.35. The van der Waals surface area contributed by atoms with Gasteiger partial charge in [-0.05, 0) is 13.0 Å². The SMILES string of the molecule is CCNCc1noc(C(C)(C)CC)n1. The number of rotatable bonds is 5. The molecule has 4 heteroatoms. The number of hydrogen-bond acceptors (Lipinski definition) is 4. The van der Waals surface area contributed by atoms with Crippen molar-refractivity contribution in [3.63, 3.8) is 0 Å². The Morgan fingerprint density at radius 1 is 1.36 bits per heavy atom. The van der Waals surface area contributed by atoms with Crippen LogP contribution < -0.4 is 5.32 Å². The van der Waals surface area contributed by atoms with Gasteiger partial charge in [-0.15, -0.1) is 0 Å². The van der Waals surface area contributed by atoms with E-state index in [1.54, 1.807) is 0 Å². The van der Waals surface area contributed by atoms with Crippen LogP contribution in [0.15, 0.2) is 4.52 Å². The largest absolute Gasteiger partial charge is 0.339 e. The Morgan fingerprint density at radius 2 is 2.07 bits per heavy atom. The second-order valence-electron chi connectivity index (χ2n) is 4.03. The van der Waals surface area contributed by atoms with Gasteiger partial charge in [-0.25, -0.2) is 0 Å². The fraction of sp³-hybridized carbons (Fsp3) is 0.800. The average Bonchev–Trinajstić information content (AvgIpc) is 2.63. The third-order valence-corrected chi connectivity index (χ3v) is 2.46. The molecule has 0 atom stereocenters. The fourth-order valence-electron chi connectivity index (χ4n) is 0.989. The van der Waals surface area contributed by atoms with Gasteiger partial charge in [0.05, 0.1) is 6.54 Å². The van der Waals surface area contributed by atoms with Gasteiger partial charge in [0, 0.05) is 5.41 Å². The van der Waals surface area contributed by atoms with Gasteiger partial charge in [0.2, 0.25) is 5.89 Å². The van der Waals surface area contributed by atoms with Crippen molar-refractivity contribution in [1.29, 1.82) is 0 Å². The van der Waals surface area contributed by atoms with Gasteiger partial charge in [0.15, 0.2) is 5.82 Å². The lowest BCUT2D eigenvalue weighted by molar-refractivity contribution is 0.299. The molecule has 0 aliphatic rings. The maximum Gasteiger partial charge on any atom is 0.232 e. The van der Waals surface area contributed by atoms with Crippen LogP contribution in [0.5, 0.6) is 0 Å². The van der Waals surface area contributed by atoms with E-state index in [0.29, 0.717) is 6.54 Å². The van der Waals surface area contributed by atoms with E-state index in [0.717, 1.165) is 24.7 Å². The zero-order valence-electron chi connectivity index (χ0n) is 9.42. The summed E-state index contributed by atoms with van der Waals surface area (Å²) in [5, 5.41) is 7.08. The van der Waals surface area contributed by atoms with Gasteiger partial charge in [0.25, 0.3) is 0 Å². The van der Waals surface area contributed by atoms with Crippen LogP contribution in [0.2, 0.25) is 0 Å². The van der Waals surface area contributed by atoms with E-state index >= 15 is 0 Å². The Morgan fingerprint density at radius 3 is 2.64 bits per heavy atom. The summed E-state index contributed by atoms with van der Waals surface area (Å²) >= 11 is 0. The Hall–Kier alpha value is -0.900. The highest BCUT2D eigenvalue weighted by atomic mass is 16.5. The van der Waals surface area contributed by atoms with E-state index < -0.39 is 0 Å². The molecular formula is C10H19N3O. The molecule has 1 aromatic rings. The maximum atomic E-state index is 5.22. The molecule has 0 aliphatic carbocycles. The first-order chi connectivity index (χ1) is 6.60. The van der Waals surface area contributed by atoms with Crippen LogP contribution in [0.3, 0.4) is 0 Å². The summed E-state index contributed by atoms with van der Waals surface area (Å²) in [7, 11) is 0. The van der Waals surface area contributed by atoms with Crippen molar-refractivity contribution in [2.45, 2.75) is 46.1 Å². The van der Waals surface area contributed by atoms with Crippen LogP contribution >= 0.6 is 0 Å². The summed E-state index contributed by atoms with van der Waals surface area (Å²) in [5.41, 5.74) is -0.0164. The van der Waals surface area contributed by atoms with Crippen LogP contribution in [0.4, 0.5) is 0 Å². The molecule has 1 N–H and O–H groups in total. The number of nitrogens with one attached hydrogen (secondary N) is 1. The highest BCUT2D eigenvalue weighted by molar-refractivity contribution is 4.99. The van der Waals surface area contributed by atoms with Crippen molar-refractivity contribution in [2.75, 3.05) is 6.54 Å². The zero-order valence-corrected chi connectivity index (χ0v) is 9.42. The minimum Gasteiger partial charge on any atom is -0.339 e. The molecule has 0 aromatic carbocycles. The molecule has 1 aromatic heterocycles. The highest BCUT2D eigenvalue weighted by Crippen LogP contribution is 2.24. The van der Waals surface area contributed by atoms with Crippen molar-refractivity contribution in [2.24, 2.45) is 0 Å². The summed E-state index contributed by atoms with van der Waals surface area (Å²) < 4.78 is 5.22. The van der Waals surface area contributed by atoms with Crippen LogP contribution in [-0.2, 0) is 12.0 Å². The predicted molar refractivity (Wildman–Crippen MR) is 55.0 cm³/mol. The van der Waals surface area contributed by atoms with Gasteiger partial charge < -0.3 is 9.84 Å². The molecule has 0 aliphatic heterocycles. The van der Waals surface area contributed by atoms with E-state index in [-0.39, 0.29) is 5.41 Å². The molecule has 0 saturated heterocycles. The monoisotopic (exact) mass is 197 g/mol. The van der Waals surface area contributed by atoms with E-state index in [9.17, 15) is 0 Å². The maximum absolute atomic E-state index is 5.22.